The maximum Gasteiger partial charge on any atom is 0.264 e. The van der Waals surface area contributed by atoms with E-state index in [0.29, 0.717) is 5.75 Å². The van der Waals surface area contributed by atoms with Crippen molar-refractivity contribution in [1.29, 1.82) is 0 Å². The van der Waals surface area contributed by atoms with E-state index in [-0.39, 0.29) is 35.2 Å². The van der Waals surface area contributed by atoms with Crippen molar-refractivity contribution in [2.24, 2.45) is 0 Å². The summed E-state index contributed by atoms with van der Waals surface area (Å²) in [4.78, 5) is 29.3. The Kier molecular flexibility index (Phi) is 10.6. The van der Waals surface area contributed by atoms with Crippen molar-refractivity contribution in [2.75, 3.05) is 32.1 Å². The summed E-state index contributed by atoms with van der Waals surface area (Å²) in [5.74, 6) is -0.326. The summed E-state index contributed by atoms with van der Waals surface area (Å²) in [5.41, 5.74) is 2.77. The van der Waals surface area contributed by atoms with E-state index in [1.54, 1.807) is 30.3 Å². The second kappa shape index (κ2) is 14.6. The van der Waals surface area contributed by atoms with Crippen molar-refractivity contribution < 1.29 is 27.5 Å². The first-order valence-electron chi connectivity index (χ1n) is 14.1. The van der Waals surface area contributed by atoms with Crippen LogP contribution in [0.3, 0.4) is 0 Å². The minimum atomic E-state index is -4.28. The summed E-state index contributed by atoms with van der Waals surface area (Å²) < 4.78 is 40.3. The number of likely N-dealkylation sites (N-methyl/N-ethyl adjacent to an activating group) is 1. The van der Waals surface area contributed by atoms with Gasteiger partial charge in [-0.2, -0.15) is 0 Å². The third-order valence-corrected chi connectivity index (χ3v) is 8.99. The first-order valence-corrected chi connectivity index (χ1v) is 15.5. The van der Waals surface area contributed by atoms with Gasteiger partial charge in [0.05, 0.1) is 24.8 Å². The Hall–Kier alpha value is -4.83. The van der Waals surface area contributed by atoms with Crippen LogP contribution in [-0.2, 0) is 32.6 Å². The molecule has 0 radical (unpaired) electrons. The summed E-state index contributed by atoms with van der Waals surface area (Å²) >= 11 is 0. The molecule has 4 aromatic carbocycles. The van der Waals surface area contributed by atoms with E-state index in [1.165, 1.54) is 44.4 Å². The maximum atomic E-state index is 14.5. The fourth-order valence-electron chi connectivity index (χ4n) is 4.95. The van der Waals surface area contributed by atoms with Crippen molar-refractivity contribution in [3.8, 4) is 11.5 Å². The monoisotopic (exact) mass is 615 g/mol. The van der Waals surface area contributed by atoms with Crippen LogP contribution in [0.5, 0.6) is 11.5 Å². The van der Waals surface area contributed by atoms with E-state index in [2.05, 4.69) is 5.32 Å². The van der Waals surface area contributed by atoms with E-state index in [4.69, 9.17) is 9.47 Å². The minimum absolute atomic E-state index is 0.00459. The second-order valence-electron chi connectivity index (χ2n) is 10.2. The lowest BCUT2D eigenvalue weighted by atomic mass is 10.0. The normalized spacial score (nSPS) is 11.7. The minimum Gasteiger partial charge on any atom is -0.497 e. The third kappa shape index (κ3) is 7.57. The molecular formula is C34H37N3O6S. The number of benzene rings is 4. The van der Waals surface area contributed by atoms with Gasteiger partial charge in [0.1, 0.15) is 24.1 Å². The highest BCUT2D eigenvalue weighted by Gasteiger charge is 2.35. The summed E-state index contributed by atoms with van der Waals surface area (Å²) in [5, 5.41) is 2.69. The Morgan fingerprint density at radius 2 is 1.48 bits per heavy atom. The number of ether oxygens (including phenoxy) is 2. The van der Waals surface area contributed by atoms with Crippen LogP contribution in [0.15, 0.2) is 108 Å². The largest absolute Gasteiger partial charge is 0.497 e. The van der Waals surface area contributed by atoms with Crippen molar-refractivity contribution in [3.05, 3.63) is 120 Å². The number of amides is 2. The van der Waals surface area contributed by atoms with Gasteiger partial charge in [0.15, 0.2) is 0 Å². The molecule has 10 heteroatoms. The molecule has 4 rings (SSSR count). The fourth-order valence-corrected chi connectivity index (χ4v) is 6.39. The van der Waals surface area contributed by atoms with Crippen LogP contribution in [0.25, 0.3) is 0 Å². The number of sulfonamides is 1. The molecule has 0 aromatic heterocycles. The Labute approximate surface area is 259 Å². The molecule has 0 aliphatic carbocycles. The highest BCUT2D eigenvalue weighted by atomic mass is 32.2. The quantitative estimate of drug-likeness (QED) is 0.236. The number of rotatable bonds is 13. The average Bonchev–Trinajstić information content (AvgIpc) is 3.05. The van der Waals surface area contributed by atoms with Crippen molar-refractivity contribution in [1.82, 2.24) is 10.2 Å². The number of nitrogens with zero attached hydrogens (tertiary/aromatic N) is 2. The summed E-state index contributed by atoms with van der Waals surface area (Å²) in [6.45, 7) is 1.42. The van der Waals surface area contributed by atoms with Gasteiger partial charge in [0, 0.05) is 26.1 Å². The van der Waals surface area contributed by atoms with Gasteiger partial charge in [-0.3, -0.25) is 13.9 Å². The predicted molar refractivity (Wildman–Crippen MR) is 170 cm³/mol. The number of aryl methyl sites for hydroxylation is 1. The van der Waals surface area contributed by atoms with Crippen LogP contribution in [0.2, 0.25) is 0 Å². The Bertz CT molecular complexity index is 1680. The van der Waals surface area contributed by atoms with Crippen molar-refractivity contribution in [3.63, 3.8) is 0 Å². The predicted octanol–water partition coefficient (Wildman–Crippen LogP) is 4.59. The number of carbonyl (C=O) groups excluding carboxylic acids is 2. The van der Waals surface area contributed by atoms with Gasteiger partial charge in [-0.15, -0.1) is 0 Å². The van der Waals surface area contributed by atoms with Crippen molar-refractivity contribution >= 4 is 27.5 Å². The molecule has 0 aliphatic rings. The summed E-state index contributed by atoms with van der Waals surface area (Å²) in [6, 6.07) is 28.7. The molecule has 0 unspecified atom stereocenters. The maximum absolute atomic E-state index is 14.5. The highest BCUT2D eigenvalue weighted by Crippen LogP contribution is 2.36. The molecule has 1 atom stereocenters. The Balaban J connectivity index is 1.84. The van der Waals surface area contributed by atoms with E-state index in [9.17, 15) is 18.0 Å². The molecule has 230 valence electrons. The lowest BCUT2D eigenvalue weighted by molar-refractivity contribution is -0.139. The molecule has 4 aromatic rings. The number of methoxy groups -OCH3 is 2. The molecule has 0 saturated heterocycles. The van der Waals surface area contributed by atoms with E-state index >= 15 is 0 Å². The number of hydrogen-bond acceptors (Lipinski definition) is 6. The van der Waals surface area contributed by atoms with Gasteiger partial charge in [0.25, 0.3) is 10.0 Å². The Morgan fingerprint density at radius 1 is 0.818 bits per heavy atom. The molecule has 0 spiro atoms. The third-order valence-electron chi connectivity index (χ3n) is 7.22. The fraction of sp³-hybridized carbons (Fsp3) is 0.235. The van der Waals surface area contributed by atoms with Crippen LogP contribution >= 0.6 is 0 Å². The zero-order valence-corrected chi connectivity index (χ0v) is 26.1. The van der Waals surface area contributed by atoms with Gasteiger partial charge in [-0.25, -0.2) is 8.42 Å². The zero-order chi connectivity index (χ0) is 31.7. The number of anilines is 1. The molecule has 0 heterocycles. The Morgan fingerprint density at radius 3 is 2.09 bits per heavy atom. The summed E-state index contributed by atoms with van der Waals surface area (Å²) in [7, 11) is 0.125. The van der Waals surface area contributed by atoms with Crippen molar-refractivity contribution in [2.45, 2.75) is 30.8 Å². The van der Waals surface area contributed by atoms with Gasteiger partial charge in [0.2, 0.25) is 11.8 Å². The SMILES string of the molecule is CNC(=O)[C@@H](Cc1ccccc1)N(Cc1cccc(C)c1)C(=O)CN(c1cc(OC)ccc1OC)S(=O)(=O)c1ccccc1. The van der Waals surface area contributed by atoms with E-state index in [1.807, 2.05) is 61.5 Å². The van der Waals surface area contributed by atoms with Crippen LogP contribution in [0.4, 0.5) is 5.69 Å². The van der Waals surface area contributed by atoms with Crippen LogP contribution in [0, 0.1) is 6.92 Å². The van der Waals surface area contributed by atoms with Gasteiger partial charge in [-0.05, 0) is 42.3 Å². The molecule has 0 fully saturated rings. The lowest BCUT2D eigenvalue weighted by Crippen LogP contribution is -2.53. The van der Waals surface area contributed by atoms with Crippen LogP contribution in [-0.4, -0.2) is 59.0 Å². The standard InChI is InChI=1S/C34H37N3O6S/c1-25-12-11-15-27(20-25)23-36(31(34(39)35-2)21-26-13-7-5-8-14-26)33(38)24-37(44(40,41)29-16-9-6-10-17-29)30-22-28(42-3)18-19-32(30)43-4/h5-20,22,31H,21,23-24H2,1-4H3,(H,35,39)/t31-/m1/s1. The van der Waals surface area contributed by atoms with Gasteiger partial charge >= 0.3 is 0 Å². The summed E-state index contributed by atoms with van der Waals surface area (Å²) in [6.07, 6.45) is 0.228. The molecular weight excluding hydrogens is 578 g/mol. The molecule has 9 nitrogen and oxygen atoms in total. The topological polar surface area (TPSA) is 105 Å². The molecule has 1 N–H and O–H groups in total. The molecule has 2 amide bonds. The highest BCUT2D eigenvalue weighted by molar-refractivity contribution is 7.92. The smallest absolute Gasteiger partial charge is 0.264 e. The van der Waals surface area contributed by atoms with E-state index < -0.39 is 28.5 Å². The number of hydrogen-bond donors (Lipinski definition) is 1. The molecule has 0 bridgehead atoms. The second-order valence-corrected chi connectivity index (χ2v) is 12.1. The first kappa shape index (κ1) is 32.1. The van der Waals surface area contributed by atoms with Gasteiger partial charge < -0.3 is 19.7 Å². The first-order chi connectivity index (χ1) is 21.2. The average molecular weight is 616 g/mol. The van der Waals surface area contributed by atoms with E-state index in [0.717, 1.165) is 21.0 Å². The molecule has 44 heavy (non-hydrogen) atoms. The number of nitrogens with one attached hydrogen (secondary N) is 1. The lowest BCUT2D eigenvalue weighted by Gasteiger charge is -2.34. The van der Waals surface area contributed by atoms with Crippen LogP contribution < -0.4 is 19.1 Å². The zero-order valence-electron chi connectivity index (χ0n) is 25.3. The molecule has 0 saturated carbocycles. The van der Waals surface area contributed by atoms with Crippen LogP contribution in [0.1, 0.15) is 16.7 Å². The number of carbonyl (C=O) groups is 2. The molecule has 0 aliphatic heterocycles. The van der Waals surface area contributed by atoms with Gasteiger partial charge in [-0.1, -0.05) is 78.4 Å².